The molecular weight excluding hydrogens is 366 g/mol. The van der Waals surface area contributed by atoms with Crippen molar-refractivity contribution in [3.05, 3.63) is 67.3 Å². The van der Waals surface area contributed by atoms with Crippen LogP contribution in [0.2, 0.25) is 0 Å². The molecule has 1 saturated carbocycles. The Morgan fingerprint density at radius 1 is 1.24 bits per heavy atom. The number of rotatable bonds is 7. The van der Waals surface area contributed by atoms with Gasteiger partial charge >= 0.3 is 0 Å². The van der Waals surface area contributed by atoms with Crippen LogP contribution < -0.4 is 16.4 Å². The molecule has 0 atom stereocenters. The maximum Gasteiger partial charge on any atom is 0.243 e. The van der Waals surface area contributed by atoms with E-state index in [-0.39, 0.29) is 18.0 Å². The van der Waals surface area contributed by atoms with Gasteiger partial charge in [0.05, 0.1) is 18.3 Å². The zero-order valence-electron chi connectivity index (χ0n) is 16.0. The fraction of sp³-hybridized carbons (Fsp3) is 0.238. The van der Waals surface area contributed by atoms with Crippen LogP contribution in [0.15, 0.2) is 61.7 Å². The maximum absolute atomic E-state index is 11.4. The Kier molecular flexibility index (Phi) is 5.24. The lowest BCUT2D eigenvalue weighted by Crippen LogP contribution is -2.49. The van der Waals surface area contributed by atoms with Crippen molar-refractivity contribution in [1.82, 2.24) is 25.1 Å². The summed E-state index contributed by atoms with van der Waals surface area (Å²) in [6.45, 7) is 4.15. The van der Waals surface area contributed by atoms with E-state index in [4.69, 9.17) is 5.73 Å². The number of anilines is 2. The minimum atomic E-state index is -0.147. The fourth-order valence-corrected chi connectivity index (χ4v) is 3.45. The summed E-state index contributed by atoms with van der Waals surface area (Å²) in [7, 11) is 0. The van der Waals surface area contributed by atoms with Crippen LogP contribution in [0, 0.1) is 0 Å². The van der Waals surface area contributed by atoms with Gasteiger partial charge in [-0.05, 0) is 24.5 Å². The summed E-state index contributed by atoms with van der Waals surface area (Å²) >= 11 is 0. The predicted molar refractivity (Wildman–Crippen MR) is 112 cm³/mol. The monoisotopic (exact) mass is 389 g/mol. The van der Waals surface area contributed by atoms with E-state index in [0.29, 0.717) is 18.2 Å². The van der Waals surface area contributed by atoms with Crippen LogP contribution in [0.1, 0.15) is 18.4 Å². The van der Waals surface area contributed by atoms with Crippen LogP contribution in [0.4, 0.5) is 11.6 Å². The van der Waals surface area contributed by atoms with Gasteiger partial charge in [0, 0.05) is 23.8 Å². The number of amides is 1. The molecule has 29 heavy (non-hydrogen) atoms. The van der Waals surface area contributed by atoms with Crippen molar-refractivity contribution >= 4 is 17.5 Å². The fourth-order valence-electron chi connectivity index (χ4n) is 3.45. The minimum absolute atomic E-state index is 0.147. The van der Waals surface area contributed by atoms with Crippen molar-refractivity contribution in [3.8, 4) is 11.1 Å². The first-order chi connectivity index (χ1) is 14.1. The Hall–Kier alpha value is -3.68. The lowest BCUT2D eigenvalue weighted by atomic mass is 9.86. The smallest absolute Gasteiger partial charge is 0.243 e. The van der Waals surface area contributed by atoms with Crippen LogP contribution in [0.5, 0.6) is 0 Å². The third kappa shape index (κ3) is 4.26. The van der Waals surface area contributed by atoms with E-state index in [2.05, 4.69) is 44.4 Å². The molecule has 2 heterocycles. The second-order valence-corrected chi connectivity index (χ2v) is 7.12. The van der Waals surface area contributed by atoms with Crippen molar-refractivity contribution in [2.24, 2.45) is 0 Å². The normalized spacial score (nSPS) is 17.9. The highest BCUT2D eigenvalue weighted by Gasteiger charge is 2.31. The second kappa shape index (κ2) is 8.14. The minimum Gasteiger partial charge on any atom is -0.383 e. The molecule has 1 aromatic carbocycles. The Balaban J connectivity index is 1.47. The molecule has 4 N–H and O–H groups in total. The van der Waals surface area contributed by atoms with E-state index in [1.54, 1.807) is 6.20 Å². The van der Waals surface area contributed by atoms with Gasteiger partial charge in [-0.3, -0.25) is 9.48 Å². The molecule has 0 saturated heterocycles. The molecule has 2 aromatic heterocycles. The van der Waals surface area contributed by atoms with E-state index >= 15 is 0 Å². The van der Waals surface area contributed by atoms with Crippen molar-refractivity contribution in [3.63, 3.8) is 0 Å². The molecular formula is C21H23N7O. The summed E-state index contributed by atoms with van der Waals surface area (Å²) in [5.74, 6) is 0.930. The number of carbonyl (C=O) groups is 1. The summed E-state index contributed by atoms with van der Waals surface area (Å²) in [6, 6.07) is 10.5. The van der Waals surface area contributed by atoms with Crippen LogP contribution in [0.3, 0.4) is 0 Å². The highest BCUT2D eigenvalue weighted by molar-refractivity contribution is 5.87. The second-order valence-electron chi connectivity index (χ2n) is 7.12. The van der Waals surface area contributed by atoms with Crippen molar-refractivity contribution < 1.29 is 4.79 Å². The molecule has 8 nitrogen and oxygen atoms in total. The van der Waals surface area contributed by atoms with Crippen molar-refractivity contribution in [2.45, 2.75) is 31.5 Å². The number of carbonyl (C=O) groups excluding carboxylic acids is 1. The molecule has 0 radical (unpaired) electrons. The average Bonchev–Trinajstić information content (AvgIpc) is 3.14. The van der Waals surface area contributed by atoms with E-state index in [0.717, 1.165) is 24.0 Å². The van der Waals surface area contributed by atoms with E-state index in [1.165, 1.54) is 18.0 Å². The Labute approximate surface area is 168 Å². The molecule has 1 fully saturated rings. The molecule has 1 aliphatic carbocycles. The third-order valence-corrected chi connectivity index (χ3v) is 5.00. The van der Waals surface area contributed by atoms with Gasteiger partial charge in [-0.15, -0.1) is 0 Å². The largest absolute Gasteiger partial charge is 0.383 e. The molecule has 0 aliphatic heterocycles. The van der Waals surface area contributed by atoms with Gasteiger partial charge in [0.15, 0.2) is 0 Å². The Morgan fingerprint density at radius 2 is 2.03 bits per heavy atom. The summed E-state index contributed by atoms with van der Waals surface area (Å²) in [4.78, 5) is 19.9. The molecule has 1 aliphatic rings. The topological polar surface area (TPSA) is 111 Å². The number of benzene rings is 1. The number of aromatic nitrogens is 4. The number of nitrogens with zero attached hydrogens (tertiary/aromatic N) is 4. The zero-order chi connectivity index (χ0) is 20.2. The summed E-state index contributed by atoms with van der Waals surface area (Å²) in [5, 5.41) is 10.8. The third-order valence-electron chi connectivity index (χ3n) is 5.00. The van der Waals surface area contributed by atoms with Gasteiger partial charge in [-0.2, -0.15) is 5.10 Å². The molecule has 0 unspecified atom stereocenters. The Morgan fingerprint density at radius 3 is 2.79 bits per heavy atom. The van der Waals surface area contributed by atoms with Crippen LogP contribution >= 0.6 is 0 Å². The summed E-state index contributed by atoms with van der Waals surface area (Å²) < 4.78 is 1.87. The quantitative estimate of drug-likeness (QED) is 0.535. The highest BCUT2D eigenvalue weighted by Crippen LogP contribution is 2.33. The van der Waals surface area contributed by atoms with E-state index < -0.39 is 0 Å². The van der Waals surface area contributed by atoms with Gasteiger partial charge in [0.1, 0.15) is 18.0 Å². The molecule has 0 spiro atoms. The average molecular weight is 389 g/mol. The van der Waals surface area contributed by atoms with Crippen LogP contribution in [-0.2, 0) is 11.3 Å². The van der Waals surface area contributed by atoms with Gasteiger partial charge in [0.25, 0.3) is 0 Å². The molecule has 0 bridgehead atoms. The number of nitrogens with one attached hydrogen (secondary N) is 2. The lowest BCUT2D eigenvalue weighted by Gasteiger charge is -2.36. The standard InChI is InChI=1S/C21H23N7O/c1-2-18(29)26-16-8-17(9-16)27-21-19(20(22)23-13-24-21)15-10-25-28(12-15)11-14-6-4-3-5-7-14/h2-7,10,12-13,16-17H,1,8-9,11H2,(H,26,29)(H3,22,23,24,27)/t16-,17+. The SMILES string of the molecule is C=CC(=O)N[C@H]1C[C@@H](Nc2ncnc(N)c2-c2cnn(Cc3ccccc3)c2)C1. The van der Waals surface area contributed by atoms with Gasteiger partial charge < -0.3 is 16.4 Å². The van der Waals surface area contributed by atoms with Gasteiger partial charge in [-0.1, -0.05) is 36.9 Å². The van der Waals surface area contributed by atoms with Crippen LogP contribution in [-0.4, -0.2) is 37.7 Å². The van der Waals surface area contributed by atoms with Crippen molar-refractivity contribution in [1.29, 1.82) is 0 Å². The zero-order valence-corrected chi connectivity index (χ0v) is 16.0. The molecule has 4 rings (SSSR count). The predicted octanol–water partition coefficient (Wildman–Crippen LogP) is 2.22. The molecule has 8 heteroatoms. The highest BCUT2D eigenvalue weighted by atomic mass is 16.1. The van der Waals surface area contributed by atoms with Gasteiger partial charge in [0.2, 0.25) is 5.91 Å². The lowest BCUT2D eigenvalue weighted by molar-refractivity contribution is -0.117. The molecule has 1 amide bonds. The summed E-state index contributed by atoms with van der Waals surface area (Å²) in [6.07, 6.45) is 8.09. The van der Waals surface area contributed by atoms with Crippen LogP contribution in [0.25, 0.3) is 11.1 Å². The summed E-state index contributed by atoms with van der Waals surface area (Å²) in [5.41, 5.74) is 8.93. The first-order valence-corrected chi connectivity index (χ1v) is 9.49. The van der Waals surface area contributed by atoms with E-state index in [1.807, 2.05) is 29.1 Å². The number of nitrogens with two attached hydrogens (primary N) is 1. The number of hydrogen-bond acceptors (Lipinski definition) is 6. The Bertz CT molecular complexity index is 1010. The number of nitrogen functional groups attached to an aromatic ring is 1. The first-order valence-electron chi connectivity index (χ1n) is 9.49. The first kappa shape index (κ1) is 18.7. The maximum atomic E-state index is 11.4. The molecule has 148 valence electrons. The van der Waals surface area contributed by atoms with Crippen molar-refractivity contribution in [2.75, 3.05) is 11.1 Å². The van der Waals surface area contributed by atoms with E-state index in [9.17, 15) is 4.79 Å². The number of hydrogen-bond donors (Lipinski definition) is 3. The molecule has 3 aromatic rings. The van der Waals surface area contributed by atoms with Gasteiger partial charge in [-0.25, -0.2) is 9.97 Å².